The largest absolute Gasteiger partial charge is 0.309 e. The van der Waals surface area contributed by atoms with Crippen LogP contribution in [0.5, 0.6) is 0 Å². The van der Waals surface area contributed by atoms with Gasteiger partial charge >= 0.3 is 0 Å². The number of halogens is 1. The highest BCUT2D eigenvalue weighted by molar-refractivity contribution is 9.10. The van der Waals surface area contributed by atoms with Crippen LogP contribution in [0.15, 0.2) is 15.9 Å². The molecule has 1 aliphatic carbocycles. The summed E-state index contributed by atoms with van der Waals surface area (Å²) in [6.45, 7) is 5.79. The Morgan fingerprint density at radius 2 is 2.19 bits per heavy atom. The first kappa shape index (κ1) is 12.6. The fraction of sp³-hybridized carbons (Fsp3) is 0.692. The quantitative estimate of drug-likeness (QED) is 0.871. The summed E-state index contributed by atoms with van der Waals surface area (Å²) in [7, 11) is 0. The summed E-state index contributed by atoms with van der Waals surface area (Å²) in [5.74, 6) is 1.78. The average molecular weight is 302 g/mol. The van der Waals surface area contributed by atoms with Gasteiger partial charge in [-0.3, -0.25) is 0 Å². The van der Waals surface area contributed by atoms with Crippen molar-refractivity contribution in [3.05, 3.63) is 20.8 Å². The van der Waals surface area contributed by atoms with Gasteiger partial charge in [-0.15, -0.1) is 11.3 Å². The van der Waals surface area contributed by atoms with Gasteiger partial charge in [0.2, 0.25) is 0 Å². The molecular weight excluding hydrogens is 282 g/mol. The van der Waals surface area contributed by atoms with Gasteiger partial charge in [0.1, 0.15) is 0 Å². The second-order valence-electron chi connectivity index (χ2n) is 5.04. The molecule has 1 aromatic heterocycles. The Hall–Kier alpha value is 0.140. The third-order valence-electron chi connectivity index (χ3n) is 3.84. The first-order valence-corrected chi connectivity index (χ1v) is 7.79. The number of nitrogens with one attached hydrogen (secondary N) is 1. The normalized spacial score (nSPS) is 30.6. The first-order chi connectivity index (χ1) is 7.66. The molecule has 1 heterocycles. The van der Waals surface area contributed by atoms with Crippen LogP contribution in [0.2, 0.25) is 0 Å². The van der Waals surface area contributed by atoms with Gasteiger partial charge in [-0.1, -0.05) is 13.8 Å². The molecule has 0 aromatic carbocycles. The molecule has 1 saturated carbocycles. The maximum absolute atomic E-state index is 3.70. The Labute approximate surface area is 111 Å². The van der Waals surface area contributed by atoms with Gasteiger partial charge in [0.05, 0.1) is 0 Å². The molecule has 2 rings (SSSR count). The highest BCUT2D eigenvalue weighted by Gasteiger charge is 2.24. The van der Waals surface area contributed by atoms with E-state index in [9.17, 15) is 0 Å². The van der Waals surface area contributed by atoms with Gasteiger partial charge < -0.3 is 5.32 Å². The molecule has 1 aromatic rings. The van der Waals surface area contributed by atoms with Crippen LogP contribution in [-0.2, 0) is 6.54 Å². The van der Waals surface area contributed by atoms with E-state index < -0.39 is 0 Å². The average Bonchev–Trinajstić information content (AvgIpc) is 2.66. The SMILES string of the molecule is CC1CCC(NCc2sccc2Br)CC1C. The summed E-state index contributed by atoms with van der Waals surface area (Å²) < 4.78 is 1.25. The minimum Gasteiger partial charge on any atom is -0.309 e. The summed E-state index contributed by atoms with van der Waals surface area (Å²) >= 11 is 5.41. The van der Waals surface area contributed by atoms with Crippen LogP contribution in [0.1, 0.15) is 38.0 Å². The van der Waals surface area contributed by atoms with Crippen LogP contribution in [0.25, 0.3) is 0 Å². The van der Waals surface area contributed by atoms with E-state index in [2.05, 4.69) is 46.5 Å². The van der Waals surface area contributed by atoms with E-state index in [0.29, 0.717) is 0 Å². The van der Waals surface area contributed by atoms with Crippen molar-refractivity contribution in [2.24, 2.45) is 11.8 Å². The summed E-state index contributed by atoms with van der Waals surface area (Å²) in [5.41, 5.74) is 0. The molecule has 0 spiro atoms. The highest BCUT2D eigenvalue weighted by Crippen LogP contribution is 2.30. The van der Waals surface area contributed by atoms with Crippen LogP contribution >= 0.6 is 27.3 Å². The van der Waals surface area contributed by atoms with E-state index in [4.69, 9.17) is 0 Å². The van der Waals surface area contributed by atoms with Gasteiger partial charge in [0.25, 0.3) is 0 Å². The molecule has 3 unspecified atom stereocenters. The molecule has 90 valence electrons. The number of rotatable bonds is 3. The van der Waals surface area contributed by atoms with Gasteiger partial charge in [-0.2, -0.15) is 0 Å². The maximum atomic E-state index is 3.70. The molecule has 0 radical (unpaired) electrons. The molecular formula is C13H20BrNS. The Kier molecular flexibility index (Phi) is 4.45. The minimum absolute atomic E-state index is 0.722. The monoisotopic (exact) mass is 301 g/mol. The highest BCUT2D eigenvalue weighted by atomic mass is 79.9. The van der Waals surface area contributed by atoms with Gasteiger partial charge in [-0.05, 0) is 58.5 Å². The second kappa shape index (κ2) is 5.65. The van der Waals surface area contributed by atoms with Crippen molar-refractivity contribution in [2.75, 3.05) is 0 Å². The molecule has 1 aliphatic rings. The van der Waals surface area contributed by atoms with Crippen molar-refractivity contribution in [1.82, 2.24) is 5.32 Å². The first-order valence-electron chi connectivity index (χ1n) is 6.12. The van der Waals surface area contributed by atoms with Gasteiger partial charge in [0, 0.05) is 21.9 Å². The van der Waals surface area contributed by atoms with E-state index in [1.165, 1.54) is 28.6 Å². The van der Waals surface area contributed by atoms with E-state index >= 15 is 0 Å². The van der Waals surface area contributed by atoms with E-state index in [1.807, 2.05) is 11.3 Å². The number of hydrogen-bond acceptors (Lipinski definition) is 2. The molecule has 0 amide bonds. The smallest absolute Gasteiger partial charge is 0.0327 e. The molecule has 0 saturated heterocycles. The molecule has 1 N–H and O–H groups in total. The third-order valence-corrected chi connectivity index (χ3v) is 5.77. The summed E-state index contributed by atoms with van der Waals surface area (Å²) in [4.78, 5) is 1.42. The van der Waals surface area contributed by atoms with Crippen LogP contribution < -0.4 is 5.32 Å². The van der Waals surface area contributed by atoms with Crippen LogP contribution in [0, 0.1) is 11.8 Å². The van der Waals surface area contributed by atoms with E-state index in [0.717, 1.165) is 24.4 Å². The molecule has 0 bridgehead atoms. The molecule has 1 nitrogen and oxygen atoms in total. The Bertz CT molecular complexity index is 336. The summed E-state index contributed by atoms with van der Waals surface area (Å²) in [5, 5.41) is 5.84. The molecule has 0 aliphatic heterocycles. The predicted octanol–water partition coefficient (Wildman–Crippen LogP) is 4.42. The van der Waals surface area contributed by atoms with Crippen molar-refractivity contribution >= 4 is 27.3 Å². The standard InChI is InChI=1S/C13H20BrNS/c1-9-3-4-11(7-10(9)2)15-8-13-12(14)5-6-16-13/h5-6,9-11,15H,3-4,7-8H2,1-2H3. The zero-order valence-electron chi connectivity index (χ0n) is 10.0. The zero-order chi connectivity index (χ0) is 11.5. The van der Waals surface area contributed by atoms with E-state index in [-0.39, 0.29) is 0 Å². The maximum Gasteiger partial charge on any atom is 0.0327 e. The topological polar surface area (TPSA) is 12.0 Å². The fourth-order valence-electron chi connectivity index (χ4n) is 2.42. The van der Waals surface area contributed by atoms with Crippen LogP contribution in [0.3, 0.4) is 0 Å². The van der Waals surface area contributed by atoms with Crippen molar-refractivity contribution in [2.45, 2.75) is 45.7 Å². The lowest BCUT2D eigenvalue weighted by Gasteiger charge is -2.32. The van der Waals surface area contributed by atoms with Crippen LogP contribution in [0.4, 0.5) is 0 Å². The third kappa shape index (κ3) is 3.08. The number of thiophene rings is 1. The van der Waals surface area contributed by atoms with Crippen molar-refractivity contribution < 1.29 is 0 Å². The molecule has 3 heteroatoms. The predicted molar refractivity (Wildman–Crippen MR) is 74.8 cm³/mol. The lowest BCUT2D eigenvalue weighted by atomic mass is 9.79. The molecule has 16 heavy (non-hydrogen) atoms. The molecule has 1 fully saturated rings. The Morgan fingerprint density at radius 1 is 1.38 bits per heavy atom. The van der Waals surface area contributed by atoms with Gasteiger partial charge in [-0.25, -0.2) is 0 Å². The summed E-state index contributed by atoms with van der Waals surface area (Å²) in [6.07, 6.45) is 4.06. The second-order valence-corrected chi connectivity index (χ2v) is 6.89. The minimum atomic E-state index is 0.722. The zero-order valence-corrected chi connectivity index (χ0v) is 12.4. The number of hydrogen-bond donors (Lipinski definition) is 1. The fourth-order valence-corrected chi connectivity index (χ4v) is 3.86. The Morgan fingerprint density at radius 3 is 2.81 bits per heavy atom. The van der Waals surface area contributed by atoms with E-state index in [1.54, 1.807) is 0 Å². The summed E-state index contributed by atoms with van der Waals surface area (Å²) in [6, 6.07) is 2.85. The van der Waals surface area contributed by atoms with Gasteiger partial charge in [0.15, 0.2) is 0 Å². The Balaban J connectivity index is 1.81. The van der Waals surface area contributed by atoms with Crippen molar-refractivity contribution in [3.8, 4) is 0 Å². The van der Waals surface area contributed by atoms with Crippen molar-refractivity contribution in [1.29, 1.82) is 0 Å². The van der Waals surface area contributed by atoms with Crippen molar-refractivity contribution in [3.63, 3.8) is 0 Å². The van der Waals surface area contributed by atoms with Crippen LogP contribution in [-0.4, -0.2) is 6.04 Å². The molecule has 3 atom stereocenters. The lowest BCUT2D eigenvalue weighted by molar-refractivity contribution is 0.226. The lowest BCUT2D eigenvalue weighted by Crippen LogP contribution is -2.35.